The van der Waals surface area contributed by atoms with Crippen LogP contribution in [0.4, 0.5) is 0 Å². The standard InChI is InChI=1S/C25H28O3/c1-17(2)6-13-21-19(10-7-18-8-11-20(26)12-9-18)16-23(27-5)22-14-15-25(3,4)28-24(21)22/h6-12,14-16,26H,13H2,1-5H3. The van der Waals surface area contributed by atoms with Gasteiger partial charge in [0.25, 0.3) is 0 Å². The average Bonchev–Trinajstić information content (AvgIpc) is 2.64. The number of hydrogen-bond acceptors (Lipinski definition) is 3. The second-order valence-corrected chi connectivity index (χ2v) is 7.84. The van der Waals surface area contributed by atoms with Crippen molar-refractivity contribution in [2.75, 3.05) is 7.11 Å². The van der Waals surface area contributed by atoms with Crippen LogP contribution in [0.15, 0.2) is 48.1 Å². The molecule has 3 nitrogen and oxygen atoms in total. The van der Waals surface area contributed by atoms with Crippen molar-refractivity contribution in [3.05, 3.63) is 70.3 Å². The molecule has 0 saturated heterocycles. The Morgan fingerprint density at radius 1 is 1.14 bits per heavy atom. The van der Waals surface area contributed by atoms with E-state index in [4.69, 9.17) is 9.47 Å². The van der Waals surface area contributed by atoms with E-state index in [0.717, 1.165) is 40.2 Å². The number of benzene rings is 2. The number of fused-ring (bicyclic) bond motifs is 1. The lowest BCUT2D eigenvalue weighted by molar-refractivity contribution is 0.156. The van der Waals surface area contributed by atoms with Gasteiger partial charge in [-0.1, -0.05) is 35.9 Å². The van der Waals surface area contributed by atoms with Crippen molar-refractivity contribution in [1.29, 1.82) is 0 Å². The van der Waals surface area contributed by atoms with Crippen molar-refractivity contribution in [2.45, 2.75) is 39.7 Å². The first-order valence-electron chi connectivity index (χ1n) is 9.51. The van der Waals surface area contributed by atoms with Gasteiger partial charge in [-0.25, -0.2) is 0 Å². The van der Waals surface area contributed by atoms with Crippen LogP contribution in [0.2, 0.25) is 0 Å². The molecular formula is C25H28O3. The molecule has 0 bridgehead atoms. The first-order chi connectivity index (χ1) is 13.3. The van der Waals surface area contributed by atoms with E-state index in [1.54, 1.807) is 19.2 Å². The Bertz CT molecular complexity index is 941. The molecule has 2 aromatic carbocycles. The summed E-state index contributed by atoms with van der Waals surface area (Å²) < 4.78 is 12.0. The Balaban J connectivity index is 2.13. The summed E-state index contributed by atoms with van der Waals surface area (Å²) in [6.07, 6.45) is 11.3. The van der Waals surface area contributed by atoms with Crippen molar-refractivity contribution < 1.29 is 14.6 Å². The summed E-state index contributed by atoms with van der Waals surface area (Å²) in [5.74, 6) is 1.95. The molecule has 3 rings (SSSR count). The number of phenolic OH excluding ortho intramolecular Hbond substituents is 1. The first-order valence-corrected chi connectivity index (χ1v) is 9.51. The predicted molar refractivity (Wildman–Crippen MR) is 117 cm³/mol. The number of phenols is 1. The van der Waals surface area contributed by atoms with Gasteiger partial charge < -0.3 is 14.6 Å². The van der Waals surface area contributed by atoms with E-state index in [1.807, 2.05) is 18.2 Å². The van der Waals surface area contributed by atoms with Crippen LogP contribution in [0.1, 0.15) is 49.9 Å². The summed E-state index contributed by atoms with van der Waals surface area (Å²) in [6, 6.07) is 9.22. The van der Waals surface area contributed by atoms with Crippen LogP contribution in [0.3, 0.4) is 0 Å². The molecule has 0 aromatic heterocycles. The molecule has 0 amide bonds. The summed E-state index contributed by atoms with van der Waals surface area (Å²) in [4.78, 5) is 0. The second kappa shape index (κ2) is 7.97. The van der Waals surface area contributed by atoms with Crippen LogP contribution in [-0.4, -0.2) is 17.8 Å². The van der Waals surface area contributed by atoms with Crippen molar-refractivity contribution >= 4 is 18.2 Å². The molecule has 146 valence electrons. The highest BCUT2D eigenvalue weighted by Crippen LogP contribution is 2.42. The topological polar surface area (TPSA) is 38.7 Å². The summed E-state index contributed by atoms with van der Waals surface area (Å²) in [6.45, 7) is 8.32. The first kappa shape index (κ1) is 19.8. The third-order valence-electron chi connectivity index (χ3n) is 4.72. The van der Waals surface area contributed by atoms with Gasteiger partial charge in [-0.15, -0.1) is 0 Å². The molecule has 0 spiro atoms. The highest BCUT2D eigenvalue weighted by molar-refractivity contribution is 5.79. The minimum atomic E-state index is -0.364. The minimum Gasteiger partial charge on any atom is -0.508 e. The zero-order valence-corrected chi connectivity index (χ0v) is 17.2. The Hall–Kier alpha value is -2.94. The van der Waals surface area contributed by atoms with Gasteiger partial charge in [0.05, 0.1) is 12.7 Å². The predicted octanol–water partition coefficient (Wildman–Crippen LogP) is 6.26. The minimum absolute atomic E-state index is 0.263. The summed E-state index contributed by atoms with van der Waals surface area (Å²) >= 11 is 0. The van der Waals surface area contributed by atoms with Gasteiger partial charge in [-0.2, -0.15) is 0 Å². The van der Waals surface area contributed by atoms with Crippen LogP contribution in [0, 0.1) is 0 Å². The number of ether oxygens (including phenoxy) is 2. The van der Waals surface area contributed by atoms with Crippen LogP contribution in [0.5, 0.6) is 17.2 Å². The van der Waals surface area contributed by atoms with E-state index in [1.165, 1.54) is 5.57 Å². The van der Waals surface area contributed by atoms with Crippen LogP contribution < -0.4 is 9.47 Å². The van der Waals surface area contributed by atoms with Crippen LogP contribution in [-0.2, 0) is 6.42 Å². The summed E-state index contributed by atoms with van der Waals surface area (Å²) in [5.41, 5.74) is 5.11. The quantitative estimate of drug-likeness (QED) is 0.494. The lowest BCUT2D eigenvalue weighted by Gasteiger charge is -2.31. The van der Waals surface area contributed by atoms with Crippen molar-refractivity contribution in [3.63, 3.8) is 0 Å². The number of hydrogen-bond donors (Lipinski definition) is 1. The Morgan fingerprint density at radius 2 is 1.86 bits per heavy atom. The Labute approximate surface area is 167 Å². The van der Waals surface area contributed by atoms with Crippen LogP contribution in [0.25, 0.3) is 18.2 Å². The van der Waals surface area contributed by atoms with E-state index in [-0.39, 0.29) is 11.4 Å². The Kier molecular flexibility index (Phi) is 5.64. The summed E-state index contributed by atoms with van der Waals surface area (Å²) in [7, 11) is 1.69. The molecule has 1 N–H and O–H groups in total. The highest BCUT2D eigenvalue weighted by Gasteiger charge is 2.27. The normalized spacial score (nSPS) is 14.5. The molecule has 3 heteroatoms. The third-order valence-corrected chi connectivity index (χ3v) is 4.72. The van der Waals surface area contributed by atoms with Crippen molar-refractivity contribution in [3.8, 4) is 17.2 Å². The maximum absolute atomic E-state index is 9.49. The molecule has 1 aliphatic rings. The SMILES string of the molecule is COc1cc(C=Cc2ccc(O)cc2)c(CC=C(C)C)c2c1C=CC(C)(C)O2. The van der Waals surface area contributed by atoms with Gasteiger partial charge in [0.2, 0.25) is 0 Å². The second-order valence-electron chi connectivity index (χ2n) is 7.84. The van der Waals surface area contributed by atoms with Gasteiger partial charge in [-0.05, 0) is 75.6 Å². The molecule has 0 unspecified atom stereocenters. The van der Waals surface area contributed by atoms with E-state index in [9.17, 15) is 5.11 Å². The smallest absolute Gasteiger partial charge is 0.135 e. The van der Waals surface area contributed by atoms with E-state index < -0.39 is 0 Å². The maximum Gasteiger partial charge on any atom is 0.135 e. The Morgan fingerprint density at radius 3 is 2.50 bits per heavy atom. The highest BCUT2D eigenvalue weighted by atomic mass is 16.5. The zero-order valence-electron chi connectivity index (χ0n) is 17.2. The van der Waals surface area contributed by atoms with Gasteiger partial charge in [-0.3, -0.25) is 0 Å². The molecule has 1 aliphatic heterocycles. The largest absolute Gasteiger partial charge is 0.508 e. The molecule has 0 aliphatic carbocycles. The van der Waals surface area contributed by atoms with E-state index in [2.05, 4.69) is 58.1 Å². The molecule has 1 heterocycles. The molecule has 28 heavy (non-hydrogen) atoms. The summed E-state index contributed by atoms with van der Waals surface area (Å²) in [5, 5.41) is 9.49. The van der Waals surface area contributed by atoms with Crippen molar-refractivity contribution in [2.24, 2.45) is 0 Å². The fourth-order valence-electron chi connectivity index (χ4n) is 3.17. The molecule has 2 aromatic rings. The molecule has 0 fully saturated rings. The number of rotatable bonds is 5. The lowest BCUT2D eigenvalue weighted by Crippen LogP contribution is -2.28. The number of methoxy groups -OCH3 is 1. The van der Waals surface area contributed by atoms with Crippen molar-refractivity contribution in [1.82, 2.24) is 0 Å². The van der Waals surface area contributed by atoms with E-state index >= 15 is 0 Å². The lowest BCUT2D eigenvalue weighted by atomic mass is 9.93. The fraction of sp³-hybridized carbons (Fsp3) is 0.280. The number of aromatic hydroxyl groups is 1. The monoisotopic (exact) mass is 376 g/mol. The van der Waals surface area contributed by atoms with E-state index in [0.29, 0.717) is 0 Å². The van der Waals surface area contributed by atoms with Gasteiger partial charge >= 0.3 is 0 Å². The maximum atomic E-state index is 9.49. The average molecular weight is 376 g/mol. The van der Waals surface area contributed by atoms with Gasteiger partial charge in [0.15, 0.2) is 0 Å². The molecule has 0 saturated carbocycles. The third kappa shape index (κ3) is 4.48. The van der Waals surface area contributed by atoms with Gasteiger partial charge in [0, 0.05) is 5.56 Å². The number of allylic oxidation sites excluding steroid dienone is 2. The van der Waals surface area contributed by atoms with Crippen LogP contribution >= 0.6 is 0 Å². The zero-order chi connectivity index (χ0) is 20.3. The molecular weight excluding hydrogens is 348 g/mol. The van der Waals surface area contributed by atoms with Gasteiger partial charge in [0.1, 0.15) is 22.8 Å². The molecule has 0 atom stereocenters. The molecule has 0 radical (unpaired) electrons. The fourth-order valence-corrected chi connectivity index (χ4v) is 3.17.